The molecule has 1 fully saturated rings. The fourth-order valence-corrected chi connectivity index (χ4v) is 2.28. The Morgan fingerprint density at radius 1 is 1.47 bits per heavy atom. The van der Waals surface area contributed by atoms with E-state index in [-0.39, 0.29) is 18.1 Å². The molecule has 1 aliphatic rings. The Labute approximate surface area is 104 Å². The van der Waals surface area contributed by atoms with Crippen molar-refractivity contribution in [3.05, 3.63) is 0 Å². The Hall–Kier alpha value is -0.610. The molecule has 0 aromatic rings. The van der Waals surface area contributed by atoms with Gasteiger partial charge in [0.05, 0.1) is 6.61 Å². The van der Waals surface area contributed by atoms with E-state index in [4.69, 9.17) is 9.47 Å². The third kappa shape index (κ3) is 4.28. The largest absolute Gasteiger partial charge is 0.459 e. The highest BCUT2D eigenvalue weighted by Crippen LogP contribution is 2.23. The lowest BCUT2D eigenvalue weighted by atomic mass is 10.1. The highest BCUT2D eigenvalue weighted by molar-refractivity contribution is 5.76. The molecule has 2 atom stereocenters. The van der Waals surface area contributed by atoms with Crippen molar-refractivity contribution in [3.8, 4) is 0 Å². The van der Waals surface area contributed by atoms with Crippen molar-refractivity contribution in [2.75, 3.05) is 20.3 Å². The van der Waals surface area contributed by atoms with Gasteiger partial charge in [0.15, 0.2) is 0 Å². The summed E-state index contributed by atoms with van der Waals surface area (Å²) in [6, 6.07) is 0.166. The van der Waals surface area contributed by atoms with Gasteiger partial charge in [-0.05, 0) is 47.1 Å². The van der Waals surface area contributed by atoms with Crippen LogP contribution in [-0.2, 0) is 14.3 Å². The number of methoxy groups -OCH3 is 1. The first-order chi connectivity index (χ1) is 7.85. The van der Waals surface area contributed by atoms with Crippen LogP contribution in [0.15, 0.2) is 0 Å². The fraction of sp³-hybridized carbons (Fsp3) is 0.923. The van der Waals surface area contributed by atoms with Crippen LogP contribution < -0.4 is 0 Å². The number of carbonyl (C=O) groups excluding carboxylic acids is 1. The lowest BCUT2D eigenvalue weighted by Gasteiger charge is -2.31. The standard InChI is InChI=1S/C13H25NO3/c1-10(9-16-5)14-8-6-7-11(14)12(15)17-13(2,3)4/h10-11H,6-9H2,1-5H3/t10?,11-/m1/s1. The molecule has 0 amide bonds. The summed E-state index contributed by atoms with van der Waals surface area (Å²) >= 11 is 0. The van der Waals surface area contributed by atoms with Gasteiger partial charge in [0.2, 0.25) is 0 Å². The highest BCUT2D eigenvalue weighted by atomic mass is 16.6. The quantitative estimate of drug-likeness (QED) is 0.706. The third-order valence-electron chi connectivity index (χ3n) is 2.95. The normalized spacial score (nSPS) is 23.7. The van der Waals surface area contributed by atoms with Crippen molar-refractivity contribution in [1.29, 1.82) is 0 Å². The maximum absolute atomic E-state index is 12.1. The van der Waals surface area contributed by atoms with Crippen LogP contribution in [-0.4, -0.2) is 48.8 Å². The zero-order valence-electron chi connectivity index (χ0n) is 11.7. The number of hydrogen-bond donors (Lipinski definition) is 0. The number of nitrogens with zero attached hydrogens (tertiary/aromatic N) is 1. The first-order valence-electron chi connectivity index (χ1n) is 6.32. The summed E-state index contributed by atoms with van der Waals surface area (Å²) in [6.07, 6.45) is 1.95. The number of carbonyl (C=O) groups is 1. The molecule has 17 heavy (non-hydrogen) atoms. The van der Waals surface area contributed by atoms with Crippen molar-refractivity contribution in [3.63, 3.8) is 0 Å². The van der Waals surface area contributed by atoms with Crippen molar-refractivity contribution in [2.45, 2.75) is 58.2 Å². The van der Waals surface area contributed by atoms with Gasteiger partial charge in [-0.2, -0.15) is 0 Å². The van der Waals surface area contributed by atoms with Gasteiger partial charge in [0.25, 0.3) is 0 Å². The lowest BCUT2D eigenvalue weighted by Crippen LogP contribution is -2.46. The second-order valence-corrected chi connectivity index (χ2v) is 5.73. The molecule has 1 aliphatic heterocycles. The molecule has 4 heteroatoms. The van der Waals surface area contributed by atoms with E-state index in [1.54, 1.807) is 7.11 Å². The molecule has 0 aromatic heterocycles. The molecule has 0 spiro atoms. The minimum atomic E-state index is -0.407. The van der Waals surface area contributed by atoms with Crippen LogP contribution in [0.25, 0.3) is 0 Å². The van der Waals surface area contributed by atoms with E-state index in [0.29, 0.717) is 6.61 Å². The monoisotopic (exact) mass is 243 g/mol. The van der Waals surface area contributed by atoms with Gasteiger partial charge in [0.1, 0.15) is 11.6 Å². The summed E-state index contributed by atoms with van der Waals surface area (Å²) in [5.41, 5.74) is -0.407. The third-order valence-corrected chi connectivity index (χ3v) is 2.95. The minimum absolute atomic E-state index is 0.0978. The SMILES string of the molecule is COCC(C)N1CCC[C@@H]1C(=O)OC(C)(C)C. The van der Waals surface area contributed by atoms with Crippen molar-refractivity contribution in [2.24, 2.45) is 0 Å². The second kappa shape index (κ2) is 5.83. The Bertz CT molecular complexity index is 260. The molecule has 0 saturated carbocycles. The molecular weight excluding hydrogens is 218 g/mol. The maximum atomic E-state index is 12.1. The van der Waals surface area contributed by atoms with E-state index in [9.17, 15) is 4.79 Å². The van der Waals surface area contributed by atoms with Crippen LogP contribution in [0.4, 0.5) is 0 Å². The Kier molecular flexibility index (Phi) is 4.95. The molecule has 0 N–H and O–H groups in total. The predicted molar refractivity (Wildman–Crippen MR) is 66.9 cm³/mol. The lowest BCUT2D eigenvalue weighted by molar-refractivity contribution is -0.161. The van der Waals surface area contributed by atoms with Gasteiger partial charge in [-0.3, -0.25) is 9.69 Å². The summed E-state index contributed by atoms with van der Waals surface area (Å²) in [5, 5.41) is 0. The summed E-state index contributed by atoms with van der Waals surface area (Å²) in [5.74, 6) is -0.0991. The van der Waals surface area contributed by atoms with E-state index in [0.717, 1.165) is 19.4 Å². The maximum Gasteiger partial charge on any atom is 0.323 e. The van der Waals surface area contributed by atoms with Gasteiger partial charge in [-0.15, -0.1) is 0 Å². The molecule has 1 saturated heterocycles. The first kappa shape index (κ1) is 14.5. The zero-order chi connectivity index (χ0) is 13.1. The topological polar surface area (TPSA) is 38.8 Å². The Morgan fingerprint density at radius 3 is 2.65 bits per heavy atom. The van der Waals surface area contributed by atoms with E-state index in [2.05, 4.69) is 11.8 Å². The Balaban J connectivity index is 2.59. The number of ether oxygens (including phenoxy) is 2. The van der Waals surface area contributed by atoms with Gasteiger partial charge >= 0.3 is 5.97 Å². The summed E-state index contributed by atoms with van der Waals surface area (Å²) in [7, 11) is 1.69. The molecule has 0 radical (unpaired) electrons. The molecule has 0 bridgehead atoms. The van der Waals surface area contributed by atoms with Crippen LogP contribution >= 0.6 is 0 Å². The summed E-state index contributed by atoms with van der Waals surface area (Å²) in [4.78, 5) is 14.3. The van der Waals surface area contributed by atoms with E-state index in [1.807, 2.05) is 20.8 Å². The number of likely N-dealkylation sites (tertiary alicyclic amines) is 1. The zero-order valence-corrected chi connectivity index (χ0v) is 11.7. The van der Waals surface area contributed by atoms with Crippen LogP contribution in [0.2, 0.25) is 0 Å². The molecule has 0 aromatic carbocycles. The first-order valence-corrected chi connectivity index (χ1v) is 6.32. The van der Waals surface area contributed by atoms with Gasteiger partial charge in [-0.25, -0.2) is 0 Å². The van der Waals surface area contributed by atoms with Crippen LogP contribution in [0.5, 0.6) is 0 Å². The molecule has 1 heterocycles. The molecule has 100 valence electrons. The molecule has 4 nitrogen and oxygen atoms in total. The van der Waals surface area contributed by atoms with Crippen LogP contribution in [0.1, 0.15) is 40.5 Å². The van der Waals surface area contributed by atoms with Crippen LogP contribution in [0, 0.1) is 0 Å². The van der Waals surface area contributed by atoms with E-state index < -0.39 is 5.60 Å². The van der Waals surface area contributed by atoms with E-state index >= 15 is 0 Å². The predicted octanol–water partition coefficient (Wildman–Crippen LogP) is 1.83. The summed E-state index contributed by atoms with van der Waals surface area (Å²) < 4.78 is 10.6. The molecule has 1 unspecified atom stereocenters. The molecule has 0 aliphatic carbocycles. The van der Waals surface area contributed by atoms with Crippen molar-refractivity contribution >= 4 is 5.97 Å². The van der Waals surface area contributed by atoms with Gasteiger partial charge in [-0.1, -0.05) is 0 Å². The fourth-order valence-electron chi connectivity index (χ4n) is 2.28. The molecular formula is C13H25NO3. The van der Waals surface area contributed by atoms with E-state index in [1.165, 1.54) is 0 Å². The average Bonchev–Trinajstić information content (AvgIpc) is 2.63. The Morgan fingerprint density at radius 2 is 2.12 bits per heavy atom. The van der Waals surface area contributed by atoms with Gasteiger partial charge < -0.3 is 9.47 Å². The summed E-state index contributed by atoms with van der Waals surface area (Å²) in [6.45, 7) is 9.41. The second-order valence-electron chi connectivity index (χ2n) is 5.73. The minimum Gasteiger partial charge on any atom is -0.459 e. The van der Waals surface area contributed by atoms with Crippen molar-refractivity contribution in [1.82, 2.24) is 4.90 Å². The number of hydrogen-bond acceptors (Lipinski definition) is 4. The number of esters is 1. The van der Waals surface area contributed by atoms with Crippen molar-refractivity contribution < 1.29 is 14.3 Å². The van der Waals surface area contributed by atoms with Crippen LogP contribution in [0.3, 0.4) is 0 Å². The number of rotatable bonds is 4. The smallest absolute Gasteiger partial charge is 0.323 e. The highest BCUT2D eigenvalue weighted by Gasteiger charge is 2.36. The van der Waals surface area contributed by atoms with Gasteiger partial charge in [0, 0.05) is 13.2 Å². The molecule has 1 rings (SSSR count). The average molecular weight is 243 g/mol.